The van der Waals surface area contributed by atoms with Crippen LogP contribution in [0.1, 0.15) is 21.5 Å². The van der Waals surface area contributed by atoms with Crippen LogP contribution in [0.2, 0.25) is 0 Å². The Kier molecular flexibility index (Phi) is 3.55. The molecule has 0 aliphatic carbocycles. The Bertz CT molecular complexity index is 559. The summed E-state index contributed by atoms with van der Waals surface area (Å²) in [6.45, 7) is 5.23. The number of hydrogen-bond donors (Lipinski definition) is 0. The molecular formula is C11H11ClO3S. The standard InChI is InChI=1S/C11H11ClO3S/c1-4-8-5-7(2)9(11(12)13)6-10(8)16(3,14)15/h4-6H,1H2,2-3H3. The van der Waals surface area contributed by atoms with Crippen LogP contribution in [0, 0.1) is 6.92 Å². The molecule has 0 aliphatic rings. The van der Waals surface area contributed by atoms with Crippen molar-refractivity contribution >= 4 is 32.8 Å². The summed E-state index contributed by atoms with van der Waals surface area (Å²) in [5, 5.41) is -0.669. The maximum absolute atomic E-state index is 11.5. The van der Waals surface area contributed by atoms with Gasteiger partial charge in [0, 0.05) is 11.8 Å². The predicted octanol–water partition coefficient (Wildman–Crippen LogP) is 2.42. The molecule has 0 unspecified atom stereocenters. The highest BCUT2D eigenvalue weighted by Gasteiger charge is 2.16. The number of carbonyl (C=O) groups is 1. The van der Waals surface area contributed by atoms with Gasteiger partial charge in [0.05, 0.1) is 4.90 Å². The molecule has 0 atom stereocenters. The summed E-state index contributed by atoms with van der Waals surface area (Å²) in [6, 6.07) is 2.87. The van der Waals surface area contributed by atoms with Gasteiger partial charge in [0.1, 0.15) is 0 Å². The fourth-order valence-electron chi connectivity index (χ4n) is 1.40. The van der Waals surface area contributed by atoms with Gasteiger partial charge < -0.3 is 0 Å². The third kappa shape index (κ3) is 2.51. The van der Waals surface area contributed by atoms with Crippen LogP contribution >= 0.6 is 11.6 Å². The molecule has 0 heterocycles. The summed E-state index contributed by atoms with van der Waals surface area (Å²) in [6.07, 6.45) is 2.51. The minimum Gasteiger partial charge on any atom is -0.276 e. The first kappa shape index (κ1) is 12.9. The zero-order valence-corrected chi connectivity index (χ0v) is 10.5. The Morgan fingerprint density at radius 3 is 2.38 bits per heavy atom. The topological polar surface area (TPSA) is 51.2 Å². The van der Waals surface area contributed by atoms with Gasteiger partial charge in [0.25, 0.3) is 5.24 Å². The van der Waals surface area contributed by atoms with Crippen LogP contribution in [0.15, 0.2) is 23.6 Å². The molecule has 0 N–H and O–H groups in total. The van der Waals surface area contributed by atoms with Crippen molar-refractivity contribution in [2.45, 2.75) is 11.8 Å². The molecule has 1 aromatic carbocycles. The zero-order valence-electron chi connectivity index (χ0n) is 8.95. The van der Waals surface area contributed by atoms with E-state index in [-0.39, 0.29) is 10.5 Å². The van der Waals surface area contributed by atoms with Crippen molar-refractivity contribution < 1.29 is 13.2 Å². The fourth-order valence-corrected chi connectivity index (χ4v) is 2.51. The fraction of sp³-hybridized carbons (Fsp3) is 0.182. The van der Waals surface area contributed by atoms with Gasteiger partial charge >= 0.3 is 0 Å². The van der Waals surface area contributed by atoms with Crippen molar-refractivity contribution in [2.75, 3.05) is 6.26 Å². The van der Waals surface area contributed by atoms with Crippen molar-refractivity contribution in [3.8, 4) is 0 Å². The molecule has 0 amide bonds. The summed E-state index contributed by atoms with van der Waals surface area (Å²) in [5.41, 5.74) is 1.30. The third-order valence-corrected chi connectivity index (χ3v) is 3.54. The molecule has 0 aliphatic heterocycles. The smallest absolute Gasteiger partial charge is 0.252 e. The summed E-state index contributed by atoms with van der Waals surface area (Å²) >= 11 is 5.37. The highest BCUT2D eigenvalue weighted by molar-refractivity contribution is 7.90. The molecular weight excluding hydrogens is 248 g/mol. The first-order valence-electron chi connectivity index (χ1n) is 4.44. The second-order valence-corrected chi connectivity index (χ2v) is 5.78. The van der Waals surface area contributed by atoms with E-state index in [1.807, 2.05) is 0 Å². The maximum Gasteiger partial charge on any atom is 0.252 e. The second-order valence-electron chi connectivity index (χ2n) is 3.45. The van der Waals surface area contributed by atoms with Crippen molar-refractivity contribution in [2.24, 2.45) is 0 Å². The number of benzene rings is 1. The number of carbonyl (C=O) groups excluding carboxylic acids is 1. The first-order chi connectivity index (χ1) is 7.27. The van der Waals surface area contributed by atoms with Gasteiger partial charge in [-0.1, -0.05) is 12.7 Å². The highest BCUT2D eigenvalue weighted by atomic mass is 35.5. The zero-order chi connectivity index (χ0) is 12.5. The van der Waals surface area contributed by atoms with Gasteiger partial charge in [-0.25, -0.2) is 8.42 Å². The minimum absolute atomic E-state index is 0.0668. The average molecular weight is 259 g/mol. The van der Waals surface area contributed by atoms with E-state index in [4.69, 9.17) is 11.6 Å². The van der Waals surface area contributed by atoms with Gasteiger partial charge in [0.2, 0.25) is 0 Å². The van der Waals surface area contributed by atoms with E-state index in [1.165, 1.54) is 12.1 Å². The molecule has 0 spiro atoms. The Morgan fingerprint density at radius 1 is 1.44 bits per heavy atom. The summed E-state index contributed by atoms with van der Waals surface area (Å²) in [4.78, 5) is 11.2. The van der Waals surface area contributed by atoms with E-state index < -0.39 is 15.1 Å². The van der Waals surface area contributed by atoms with Crippen molar-refractivity contribution in [1.29, 1.82) is 0 Å². The Morgan fingerprint density at radius 2 is 2.00 bits per heavy atom. The highest BCUT2D eigenvalue weighted by Crippen LogP contribution is 2.23. The predicted molar refractivity (Wildman–Crippen MR) is 64.6 cm³/mol. The average Bonchev–Trinajstić information content (AvgIpc) is 2.14. The molecule has 0 fully saturated rings. The number of hydrogen-bond acceptors (Lipinski definition) is 3. The van der Waals surface area contributed by atoms with Gasteiger partial charge in [-0.3, -0.25) is 4.79 Å². The number of halogens is 1. The van der Waals surface area contributed by atoms with E-state index in [9.17, 15) is 13.2 Å². The Balaban J connectivity index is 3.66. The Labute approximate surface area is 99.7 Å². The van der Waals surface area contributed by atoms with Gasteiger partial charge in [-0.05, 0) is 41.8 Å². The Hall–Kier alpha value is -1.13. The molecule has 3 nitrogen and oxygen atoms in total. The van der Waals surface area contributed by atoms with E-state index in [0.29, 0.717) is 11.1 Å². The van der Waals surface area contributed by atoms with Crippen LogP contribution in [0.4, 0.5) is 0 Å². The molecule has 0 radical (unpaired) electrons. The number of aryl methyl sites for hydroxylation is 1. The molecule has 0 saturated carbocycles. The molecule has 0 aromatic heterocycles. The monoisotopic (exact) mass is 258 g/mol. The summed E-state index contributed by atoms with van der Waals surface area (Å²) < 4.78 is 23.0. The maximum atomic E-state index is 11.5. The lowest BCUT2D eigenvalue weighted by molar-refractivity contribution is 0.108. The summed E-state index contributed by atoms with van der Waals surface area (Å²) in [5.74, 6) is 0. The number of sulfone groups is 1. The van der Waals surface area contributed by atoms with Crippen LogP contribution in [0.25, 0.3) is 6.08 Å². The molecule has 16 heavy (non-hydrogen) atoms. The SMILES string of the molecule is C=Cc1cc(C)c(C(=O)Cl)cc1S(C)(=O)=O. The van der Waals surface area contributed by atoms with Gasteiger partial charge in [-0.15, -0.1) is 0 Å². The lowest BCUT2D eigenvalue weighted by atomic mass is 10.1. The summed E-state index contributed by atoms with van der Waals surface area (Å²) in [7, 11) is -3.40. The first-order valence-corrected chi connectivity index (χ1v) is 6.71. The second kappa shape index (κ2) is 4.39. The number of rotatable bonds is 3. The molecule has 1 aromatic rings. The van der Waals surface area contributed by atoms with E-state index in [1.54, 1.807) is 13.0 Å². The van der Waals surface area contributed by atoms with E-state index in [0.717, 1.165) is 6.26 Å². The van der Waals surface area contributed by atoms with E-state index >= 15 is 0 Å². The van der Waals surface area contributed by atoms with E-state index in [2.05, 4.69) is 6.58 Å². The van der Waals surface area contributed by atoms with Gasteiger partial charge in [0.15, 0.2) is 9.84 Å². The lowest BCUT2D eigenvalue weighted by Crippen LogP contribution is -2.04. The quantitative estimate of drug-likeness (QED) is 0.783. The largest absolute Gasteiger partial charge is 0.276 e. The van der Waals surface area contributed by atoms with Crippen LogP contribution in [-0.4, -0.2) is 19.9 Å². The van der Waals surface area contributed by atoms with Crippen LogP contribution in [0.3, 0.4) is 0 Å². The molecule has 1 rings (SSSR count). The van der Waals surface area contributed by atoms with Crippen molar-refractivity contribution in [3.63, 3.8) is 0 Å². The molecule has 86 valence electrons. The normalized spacial score (nSPS) is 11.2. The third-order valence-electron chi connectivity index (χ3n) is 2.19. The van der Waals surface area contributed by atoms with Crippen LogP contribution in [0.5, 0.6) is 0 Å². The van der Waals surface area contributed by atoms with Crippen LogP contribution in [-0.2, 0) is 9.84 Å². The van der Waals surface area contributed by atoms with Crippen molar-refractivity contribution in [3.05, 3.63) is 35.4 Å². The van der Waals surface area contributed by atoms with Gasteiger partial charge in [-0.2, -0.15) is 0 Å². The molecule has 5 heteroatoms. The minimum atomic E-state index is -3.40. The molecule has 0 bridgehead atoms. The lowest BCUT2D eigenvalue weighted by Gasteiger charge is -2.08. The van der Waals surface area contributed by atoms with Crippen LogP contribution < -0.4 is 0 Å². The van der Waals surface area contributed by atoms with Crippen molar-refractivity contribution in [1.82, 2.24) is 0 Å². The molecule has 0 saturated heterocycles.